The fraction of sp³-hybridized carbons (Fsp3) is 0.318. The number of nitrogens with zero attached hydrogens (tertiary/aromatic N) is 4. The Balaban J connectivity index is 1.45. The van der Waals surface area contributed by atoms with Gasteiger partial charge in [0, 0.05) is 11.5 Å². The minimum Gasteiger partial charge on any atom is -0.392 e. The summed E-state index contributed by atoms with van der Waals surface area (Å²) in [6.07, 6.45) is 4.55. The molecule has 0 saturated carbocycles. The molecule has 0 amide bonds. The summed E-state index contributed by atoms with van der Waals surface area (Å²) in [7, 11) is 0. The highest BCUT2D eigenvalue weighted by Gasteiger charge is 2.36. The Hall–Kier alpha value is -2.63. The molecule has 6 rings (SSSR count). The first-order chi connectivity index (χ1) is 13.3. The van der Waals surface area contributed by atoms with E-state index < -0.39 is 0 Å². The van der Waals surface area contributed by atoms with Crippen molar-refractivity contribution in [2.45, 2.75) is 19.4 Å². The van der Waals surface area contributed by atoms with Gasteiger partial charge in [0.2, 0.25) is 0 Å². The number of piperidine rings is 3. The second kappa shape index (κ2) is 6.83. The molecule has 4 aliphatic rings. The minimum absolute atomic E-state index is 0.0701. The van der Waals surface area contributed by atoms with Crippen LogP contribution in [0.1, 0.15) is 24.0 Å². The van der Waals surface area contributed by atoms with E-state index >= 15 is 0 Å². The molecular weight excluding hydrogens is 336 g/mol. The first-order valence-corrected chi connectivity index (χ1v) is 9.61. The molecule has 0 radical (unpaired) electrons. The van der Waals surface area contributed by atoms with E-state index in [0.29, 0.717) is 5.92 Å². The summed E-state index contributed by atoms with van der Waals surface area (Å²) in [6, 6.07) is 16.4. The van der Waals surface area contributed by atoms with Gasteiger partial charge >= 0.3 is 0 Å². The lowest BCUT2D eigenvalue weighted by Crippen LogP contribution is -2.49. The number of hydrogen-bond acceptors (Lipinski definition) is 4. The van der Waals surface area contributed by atoms with Crippen LogP contribution >= 0.6 is 0 Å². The van der Waals surface area contributed by atoms with Crippen molar-refractivity contribution in [3.8, 4) is 11.1 Å². The number of rotatable bonds is 3. The summed E-state index contributed by atoms with van der Waals surface area (Å²) < 4.78 is 2.01. The summed E-state index contributed by atoms with van der Waals surface area (Å²) in [5, 5.41) is 18.1. The van der Waals surface area contributed by atoms with Gasteiger partial charge in [-0.2, -0.15) is 0 Å². The zero-order valence-corrected chi connectivity index (χ0v) is 15.3. The largest absolute Gasteiger partial charge is 0.392 e. The fourth-order valence-corrected chi connectivity index (χ4v) is 4.24. The zero-order valence-electron chi connectivity index (χ0n) is 15.3. The summed E-state index contributed by atoms with van der Waals surface area (Å²) in [5.74, 6) is 0.654. The summed E-state index contributed by atoms with van der Waals surface area (Å²) >= 11 is 0. The number of fused-ring (bicyclic) bond motifs is 3. The van der Waals surface area contributed by atoms with Crippen molar-refractivity contribution in [3.63, 3.8) is 0 Å². The Morgan fingerprint density at radius 1 is 1.00 bits per heavy atom. The minimum atomic E-state index is 0.0701. The van der Waals surface area contributed by atoms with Crippen LogP contribution in [-0.2, 0) is 6.61 Å². The average molecular weight is 359 g/mol. The summed E-state index contributed by atoms with van der Waals surface area (Å²) in [6.45, 7) is 3.52. The Kier molecular flexibility index (Phi) is 4.19. The van der Waals surface area contributed by atoms with Crippen LogP contribution in [0.15, 0.2) is 65.1 Å². The van der Waals surface area contributed by atoms with Crippen molar-refractivity contribution < 1.29 is 9.79 Å². The van der Waals surface area contributed by atoms with Gasteiger partial charge in [0.05, 0.1) is 18.3 Å². The van der Waals surface area contributed by atoms with Crippen molar-refractivity contribution in [1.29, 1.82) is 0 Å². The van der Waals surface area contributed by atoms with Gasteiger partial charge in [-0.05, 0) is 48.7 Å². The van der Waals surface area contributed by atoms with E-state index in [9.17, 15) is 5.11 Å². The highest BCUT2D eigenvalue weighted by Crippen LogP contribution is 2.30. The van der Waals surface area contributed by atoms with Crippen molar-refractivity contribution in [3.05, 3.63) is 65.9 Å². The van der Waals surface area contributed by atoms with E-state index in [2.05, 4.69) is 45.7 Å². The number of aliphatic hydroxyl groups is 1. The number of aliphatic hydroxyl groups excluding tert-OH is 1. The van der Waals surface area contributed by atoms with Crippen LogP contribution in [0, 0.1) is 5.92 Å². The molecule has 0 atom stereocenters. The maximum atomic E-state index is 9.22. The number of hydrogen-bond donors (Lipinski definition) is 1. The van der Waals surface area contributed by atoms with Crippen molar-refractivity contribution >= 4 is 11.4 Å². The van der Waals surface area contributed by atoms with Gasteiger partial charge < -0.3 is 5.11 Å². The lowest BCUT2D eigenvalue weighted by molar-refractivity contribution is -0.469. The van der Waals surface area contributed by atoms with E-state index in [-0.39, 0.29) is 6.61 Å². The van der Waals surface area contributed by atoms with Crippen LogP contribution in [0.4, 0.5) is 0 Å². The first-order valence-electron chi connectivity index (χ1n) is 9.61. The molecule has 5 heteroatoms. The fourth-order valence-electron chi connectivity index (χ4n) is 4.24. The molecule has 0 aliphatic carbocycles. The van der Waals surface area contributed by atoms with E-state index in [1.807, 2.05) is 28.9 Å². The summed E-state index contributed by atoms with van der Waals surface area (Å²) in [4.78, 5) is 2.51. The van der Waals surface area contributed by atoms with E-state index in [4.69, 9.17) is 0 Å². The molecule has 2 aromatic rings. The Morgan fingerprint density at radius 2 is 1.78 bits per heavy atom. The maximum absolute atomic E-state index is 9.22. The third-order valence-electron chi connectivity index (χ3n) is 5.86. The first kappa shape index (κ1) is 16.5. The SMILES string of the molecule is OCc1ccc(-c2cccc(C3=C[N+](=C4CN5CCC4CC5)N=N3)c2)cc1. The molecule has 3 saturated heterocycles. The van der Waals surface area contributed by atoms with Crippen molar-refractivity contribution in [2.75, 3.05) is 19.6 Å². The Morgan fingerprint density at radius 3 is 2.48 bits per heavy atom. The highest BCUT2D eigenvalue weighted by molar-refractivity contribution is 5.86. The van der Waals surface area contributed by atoms with Crippen LogP contribution in [0.25, 0.3) is 16.8 Å². The predicted molar refractivity (Wildman–Crippen MR) is 105 cm³/mol. The zero-order chi connectivity index (χ0) is 18.2. The molecule has 0 unspecified atom stereocenters. The quantitative estimate of drug-likeness (QED) is 0.850. The smallest absolute Gasteiger partial charge is 0.251 e. The molecule has 0 aromatic heterocycles. The Bertz CT molecular complexity index is 951. The van der Waals surface area contributed by atoms with Crippen molar-refractivity contribution in [2.24, 2.45) is 16.3 Å². The normalized spacial score (nSPS) is 26.5. The molecule has 1 N–H and O–H groups in total. The topological polar surface area (TPSA) is 51.2 Å². The van der Waals surface area contributed by atoms with Crippen LogP contribution < -0.4 is 0 Å². The van der Waals surface area contributed by atoms with Crippen LogP contribution in [0.5, 0.6) is 0 Å². The second-order valence-corrected chi connectivity index (χ2v) is 7.53. The predicted octanol–water partition coefficient (Wildman–Crippen LogP) is 3.70. The lowest BCUT2D eigenvalue weighted by atomic mass is 9.86. The molecule has 2 bridgehead atoms. The van der Waals surface area contributed by atoms with Crippen molar-refractivity contribution in [1.82, 2.24) is 4.90 Å². The average Bonchev–Trinajstić information content (AvgIpc) is 3.25. The van der Waals surface area contributed by atoms with Gasteiger partial charge in [0.25, 0.3) is 5.70 Å². The molecule has 0 spiro atoms. The Labute approximate surface area is 159 Å². The molecule has 2 aromatic carbocycles. The number of benzene rings is 2. The molecular formula is C22H23N4O+. The van der Waals surface area contributed by atoms with Gasteiger partial charge in [0.1, 0.15) is 10.9 Å². The third-order valence-corrected chi connectivity index (χ3v) is 5.86. The standard InChI is InChI=1S/C22H23N4O/c27-15-16-4-6-17(7-5-16)19-2-1-3-20(12-19)21-13-26(24-23-21)22-14-25-10-8-18(22)9-11-25/h1-7,12-13,18,27H,8-11,14-15H2/q+1. The van der Waals surface area contributed by atoms with Crippen LogP contribution in [0.2, 0.25) is 0 Å². The molecule has 4 aliphatic heterocycles. The van der Waals surface area contributed by atoms with Gasteiger partial charge in [-0.15, -0.1) is 4.68 Å². The van der Waals surface area contributed by atoms with E-state index in [0.717, 1.165) is 34.5 Å². The monoisotopic (exact) mass is 359 g/mol. The van der Waals surface area contributed by atoms with Crippen LogP contribution in [-0.4, -0.2) is 40.0 Å². The molecule has 3 fully saturated rings. The van der Waals surface area contributed by atoms with E-state index in [1.54, 1.807) is 0 Å². The van der Waals surface area contributed by atoms with E-state index in [1.165, 1.54) is 31.6 Å². The molecule has 136 valence electrons. The third kappa shape index (κ3) is 3.13. The molecule has 27 heavy (non-hydrogen) atoms. The molecule has 5 nitrogen and oxygen atoms in total. The van der Waals surface area contributed by atoms with Gasteiger partial charge in [-0.25, -0.2) is 0 Å². The molecule has 4 heterocycles. The van der Waals surface area contributed by atoms with Crippen LogP contribution in [0.3, 0.4) is 0 Å². The highest BCUT2D eigenvalue weighted by atomic mass is 16.3. The second-order valence-electron chi connectivity index (χ2n) is 7.53. The van der Waals surface area contributed by atoms with Gasteiger partial charge in [-0.1, -0.05) is 42.5 Å². The summed E-state index contributed by atoms with van der Waals surface area (Å²) in [5.41, 5.74) is 6.57. The maximum Gasteiger partial charge on any atom is 0.251 e. The van der Waals surface area contributed by atoms with Gasteiger partial charge in [0.15, 0.2) is 6.20 Å². The van der Waals surface area contributed by atoms with Gasteiger partial charge in [-0.3, -0.25) is 4.90 Å². The lowest BCUT2D eigenvalue weighted by Gasteiger charge is -2.38.